The molecule has 0 aliphatic carbocycles. The van der Waals surface area contributed by atoms with Gasteiger partial charge in [-0.15, -0.1) is 0 Å². The fraction of sp³-hybridized carbons (Fsp3) is 0.200. The van der Waals surface area contributed by atoms with E-state index in [4.69, 9.17) is 0 Å². The first-order chi connectivity index (χ1) is 9.54. The number of carbonyl (C=O) groups is 1. The summed E-state index contributed by atoms with van der Waals surface area (Å²) in [6.45, 7) is 4.05. The van der Waals surface area contributed by atoms with E-state index in [2.05, 4.69) is 31.5 Å². The van der Waals surface area contributed by atoms with E-state index in [9.17, 15) is 4.79 Å². The number of nitrogens with zero attached hydrogens (tertiary/aromatic N) is 1. The monoisotopic (exact) mass is 333 g/mol. The standard InChI is InChI=1S/C15H16BrN3O/c1-10(2)17-14-8-4-7-13(19-14)15(20)18-12-6-3-5-11(16)9-12/h3-10H,1-2H3,(H,17,19)(H,18,20). The Kier molecular flexibility index (Phi) is 4.74. The van der Waals surface area contributed by atoms with Crippen LogP contribution in [0.1, 0.15) is 24.3 Å². The molecule has 2 aromatic rings. The third kappa shape index (κ3) is 4.06. The lowest BCUT2D eigenvalue weighted by atomic mass is 10.3. The molecule has 1 aromatic heterocycles. The van der Waals surface area contributed by atoms with Crippen molar-refractivity contribution in [1.82, 2.24) is 4.98 Å². The van der Waals surface area contributed by atoms with E-state index < -0.39 is 0 Å². The van der Waals surface area contributed by atoms with Crippen LogP contribution in [0, 0.1) is 0 Å². The number of hydrogen-bond donors (Lipinski definition) is 2. The maximum absolute atomic E-state index is 12.1. The van der Waals surface area contributed by atoms with Crippen molar-refractivity contribution in [2.45, 2.75) is 19.9 Å². The number of pyridine rings is 1. The van der Waals surface area contributed by atoms with Crippen molar-refractivity contribution in [2.75, 3.05) is 10.6 Å². The molecular formula is C15H16BrN3O. The van der Waals surface area contributed by atoms with Crippen LogP contribution in [-0.2, 0) is 0 Å². The molecule has 1 aromatic carbocycles. The summed E-state index contributed by atoms with van der Waals surface area (Å²) in [5.41, 5.74) is 1.11. The Balaban J connectivity index is 2.13. The number of amides is 1. The van der Waals surface area contributed by atoms with Crippen LogP contribution in [0.25, 0.3) is 0 Å². The van der Waals surface area contributed by atoms with Crippen molar-refractivity contribution >= 4 is 33.3 Å². The Morgan fingerprint density at radius 3 is 2.65 bits per heavy atom. The fourth-order valence-electron chi connectivity index (χ4n) is 1.70. The van der Waals surface area contributed by atoms with Gasteiger partial charge in [0.05, 0.1) is 0 Å². The first kappa shape index (κ1) is 14.5. The lowest BCUT2D eigenvalue weighted by Gasteiger charge is -2.10. The number of benzene rings is 1. The van der Waals surface area contributed by atoms with Gasteiger partial charge in [0.2, 0.25) is 0 Å². The molecule has 4 nitrogen and oxygen atoms in total. The molecule has 0 aliphatic heterocycles. The summed E-state index contributed by atoms with van der Waals surface area (Å²) in [5, 5.41) is 5.99. The Bertz CT molecular complexity index is 614. The highest BCUT2D eigenvalue weighted by molar-refractivity contribution is 9.10. The van der Waals surface area contributed by atoms with Crippen molar-refractivity contribution in [3.8, 4) is 0 Å². The number of hydrogen-bond acceptors (Lipinski definition) is 3. The second kappa shape index (κ2) is 6.52. The first-order valence-electron chi connectivity index (χ1n) is 6.35. The summed E-state index contributed by atoms with van der Waals surface area (Å²) in [5.74, 6) is 0.470. The second-order valence-electron chi connectivity index (χ2n) is 4.67. The number of rotatable bonds is 4. The molecule has 0 radical (unpaired) electrons. The molecule has 0 aliphatic rings. The van der Waals surface area contributed by atoms with Crippen LogP contribution >= 0.6 is 15.9 Å². The highest BCUT2D eigenvalue weighted by Crippen LogP contribution is 2.16. The molecule has 0 fully saturated rings. The quantitative estimate of drug-likeness (QED) is 0.891. The summed E-state index contributed by atoms with van der Waals surface area (Å²) in [7, 11) is 0. The molecular weight excluding hydrogens is 318 g/mol. The summed E-state index contributed by atoms with van der Waals surface area (Å²) in [4.78, 5) is 16.4. The van der Waals surface area contributed by atoms with Gasteiger partial charge in [-0.2, -0.15) is 0 Å². The Morgan fingerprint density at radius 2 is 1.95 bits per heavy atom. The van der Waals surface area contributed by atoms with Crippen LogP contribution < -0.4 is 10.6 Å². The first-order valence-corrected chi connectivity index (χ1v) is 7.14. The van der Waals surface area contributed by atoms with Crippen LogP contribution in [0.4, 0.5) is 11.5 Å². The van der Waals surface area contributed by atoms with Gasteiger partial charge < -0.3 is 10.6 Å². The molecule has 1 amide bonds. The summed E-state index contributed by atoms with van der Waals surface area (Å²) < 4.78 is 0.915. The molecule has 20 heavy (non-hydrogen) atoms. The number of anilines is 2. The second-order valence-corrected chi connectivity index (χ2v) is 5.59. The highest BCUT2D eigenvalue weighted by atomic mass is 79.9. The molecule has 0 saturated carbocycles. The molecule has 0 spiro atoms. The van der Waals surface area contributed by atoms with E-state index in [-0.39, 0.29) is 11.9 Å². The lowest BCUT2D eigenvalue weighted by molar-refractivity contribution is 0.102. The normalized spacial score (nSPS) is 10.4. The molecule has 0 unspecified atom stereocenters. The third-order valence-electron chi connectivity index (χ3n) is 2.50. The van der Waals surface area contributed by atoms with E-state index in [1.807, 2.05) is 50.2 Å². The molecule has 1 heterocycles. The molecule has 104 valence electrons. The zero-order valence-corrected chi connectivity index (χ0v) is 12.9. The van der Waals surface area contributed by atoms with Gasteiger partial charge in [0.15, 0.2) is 0 Å². The zero-order chi connectivity index (χ0) is 14.5. The Labute approximate surface area is 126 Å². The van der Waals surface area contributed by atoms with Crippen LogP contribution in [0.5, 0.6) is 0 Å². The van der Waals surface area contributed by atoms with E-state index in [0.717, 1.165) is 10.2 Å². The Hall–Kier alpha value is -1.88. The number of aromatic nitrogens is 1. The van der Waals surface area contributed by atoms with Crippen LogP contribution in [0.3, 0.4) is 0 Å². The van der Waals surface area contributed by atoms with Gasteiger partial charge in [-0.25, -0.2) is 4.98 Å². The van der Waals surface area contributed by atoms with E-state index in [1.165, 1.54) is 0 Å². The molecule has 2 rings (SSSR count). The maximum atomic E-state index is 12.1. The molecule has 0 saturated heterocycles. The summed E-state index contributed by atoms with van der Waals surface area (Å²) in [6.07, 6.45) is 0. The molecule has 2 N–H and O–H groups in total. The van der Waals surface area contributed by atoms with Gasteiger partial charge in [-0.05, 0) is 44.2 Å². The minimum atomic E-state index is -0.226. The van der Waals surface area contributed by atoms with Gasteiger partial charge in [0, 0.05) is 16.2 Å². The maximum Gasteiger partial charge on any atom is 0.274 e. The van der Waals surface area contributed by atoms with Crippen molar-refractivity contribution in [3.05, 3.63) is 52.6 Å². The lowest BCUT2D eigenvalue weighted by Crippen LogP contribution is -2.16. The van der Waals surface area contributed by atoms with Gasteiger partial charge >= 0.3 is 0 Å². The van der Waals surface area contributed by atoms with Crippen molar-refractivity contribution in [3.63, 3.8) is 0 Å². The van der Waals surface area contributed by atoms with Crippen LogP contribution in [-0.4, -0.2) is 16.9 Å². The minimum Gasteiger partial charge on any atom is -0.368 e. The van der Waals surface area contributed by atoms with Gasteiger partial charge in [-0.3, -0.25) is 4.79 Å². The number of halogens is 1. The molecule has 0 bridgehead atoms. The SMILES string of the molecule is CC(C)Nc1cccc(C(=O)Nc2cccc(Br)c2)n1. The number of nitrogens with one attached hydrogen (secondary N) is 2. The average molecular weight is 334 g/mol. The Morgan fingerprint density at radius 1 is 1.20 bits per heavy atom. The average Bonchev–Trinajstić information content (AvgIpc) is 2.38. The van der Waals surface area contributed by atoms with Crippen molar-refractivity contribution in [2.24, 2.45) is 0 Å². The van der Waals surface area contributed by atoms with Gasteiger partial charge in [-0.1, -0.05) is 28.1 Å². The summed E-state index contributed by atoms with van der Waals surface area (Å²) in [6, 6.07) is 13.1. The van der Waals surface area contributed by atoms with E-state index >= 15 is 0 Å². The van der Waals surface area contributed by atoms with E-state index in [1.54, 1.807) is 6.07 Å². The number of carbonyl (C=O) groups excluding carboxylic acids is 1. The topological polar surface area (TPSA) is 54.0 Å². The van der Waals surface area contributed by atoms with Crippen molar-refractivity contribution < 1.29 is 4.79 Å². The third-order valence-corrected chi connectivity index (χ3v) is 2.99. The predicted molar refractivity (Wildman–Crippen MR) is 85.1 cm³/mol. The molecule has 5 heteroatoms. The molecule has 0 atom stereocenters. The largest absolute Gasteiger partial charge is 0.368 e. The van der Waals surface area contributed by atoms with E-state index in [0.29, 0.717) is 11.5 Å². The van der Waals surface area contributed by atoms with Crippen LogP contribution in [0.15, 0.2) is 46.9 Å². The van der Waals surface area contributed by atoms with Gasteiger partial charge in [0.25, 0.3) is 5.91 Å². The highest BCUT2D eigenvalue weighted by Gasteiger charge is 2.09. The van der Waals surface area contributed by atoms with Crippen LogP contribution in [0.2, 0.25) is 0 Å². The zero-order valence-electron chi connectivity index (χ0n) is 11.4. The minimum absolute atomic E-state index is 0.226. The predicted octanol–water partition coefficient (Wildman–Crippen LogP) is 3.92. The summed E-state index contributed by atoms with van der Waals surface area (Å²) >= 11 is 3.37. The van der Waals surface area contributed by atoms with Crippen molar-refractivity contribution in [1.29, 1.82) is 0 Å². The fourth-order valence-corrected chi connectivity index (χ4v) is 2.10. The van der Waals surface area contributed by atoms with Gasteiger partial charge in [0.1, 0.15) is 11.5 Å². The smallest absolute Gasteiger partial charge is 0.274 e.